The van der Waals surface area contributed by atoms with Crippen molar-refractivity contribution < 1.29 is 9.53 Å². The summed E-state index contributed by atoms with van der Waals surface area (Å²) < 4.78 is 5.98. The molecule has 1 amide bonds. The second kappa shape index (κ2) is 7.04. The number of amides is 1. The van der Waals surface area contributed by atoms with Gasteiger partial charge in [0, 0.05) is 18.9 Å². The summed E-state index contributed by atoms with van der Waals surface area (Å²) in [6, 6.07) is 10.1. The molecule has 0 aliphatic carbocycles. The van der Waals surface area contributed by atoms with Gasteiger partial charge >= 0.3 is 0 Å². The highest BCUT2D eigenvalue weighted by molar-refractivity contribution is 5.81. The van der Waals surface area contributed by atoms with Crippen LogP contribution in [0.5, 0.6) is 5.75 Å². The SMILES string of the molecule is Cc1cccc(O[C@@H](C)C(=O)N2CCC[C@@H]2c2ccncc2)c1C. The molecule has 4 nitrogen and oxygen atoms in total. The average Bonchev–Trinajstić information content (AvgIpc) is 3.08. The van der Waals surface area contributed by atoms with Crippen molar-refractivity contribution in [1.29, 1.82) is 0 Å². The van der Waals surface area contributed by atoms with Crippen molar-refractivity contribution in [2.24, 2.45) is 0 Å². The maximum absolute atomic E-state index is 12.9. The Labute approximate surface area is 143 Å². The smallest absolute Gasteiger partial charge is 0.263 e. The Bertz CT molecular complexity index is 715. The highest BCUT2D eigenvalue weighted by atomic mass is 16.5. The molecular weight excluding hydrogens is 300 g/mol. The molecule has 0 saturated carbocycles. The first-order valence-corrected chi connectivity index (χ1v) is 8.51. The molecule has 1 aliphatic rings. The Morgan fingerprint density at radius 2 is 2.00 bits per heavy atom. The van der Waals surface area contributed by atoms with Crippen molar-refractivity contribution in [3.63, 3.8) is 0 Å². The fraction of sp³-hybridized carbons (Fsp3) is 0.400. The van der Waals surface area contributed by atoms with E-state index < -0.39 is 6.10 Å². The van der Waals surface area contributed by atoms with Crippen LogP contribution in [0.4, 0.5) is 0 Å². The standard InChI is InChI=1S/C20H24N2O2/c1-14-6-4-8-19(15(14)2)24-16(3)20(23)22-13-5-7-18(22)17-9-11-21-12-10-17/h4,6,8-12,16,18H,5,7,13H2,1-3H3/t16-,18+/m0/s1. The van der Waals surface area contributed by atoms with Crippen LogP contribution in [0.3, 0.4) is 0 Å². The van der Waals surface area contributed by atoms with E-state index in [4.69, 9.17) is 4.74 Å². The van der Waals surface area contributed by atoms with E-state index in [9.17, 15) is 4.79 Å². The molecule has 4 heteroatoms. The van der Waals surface area contributed by atoms with Crippen molar-refractivity contribution in [2.45, 2.75) is 45.8 Å². The molecule has 2 atom stereocenters. The van der Waals surface area contributed by atoms with Crippen LogP contribution in [-0.4, -0.2) is 28.4 Å². The highest BCUT2D eigenvalue weighted by Crippen LogP contribution is 2.32. The lowest BCUT2D eigenvalue weighted by Gasteiger charge is -2.28. The number of aryl methyl sites for hydroxylation is 1. The Kier molecular flexibility index (Phi) is 4.84. The number of carbonyl (C=O) groups is 1. The fourth-order valence-electron chi connectivity index (χ4n) is 3.29. The van der Waals surface area contributed by atoms with Crippen molar-refractivity contribution in [1.82, 2.24) is 9.88 Å². The molecule has 1 fully saturated rings. The number of hydrogen-bond donors (Lipinski definition) is 0. The fourth-order valence-corrected chi connectivity index (χ4v) is 3.29. The lowest BCUT2D eigenvalue weighted by Crippen LogP contribution is -2.40. The van der Waals surface area contributed by atoms with E-state index >= 15 is 0 Å². The summed E-state index contributed by atoms with van der Waals surface area (Å²) in [5.74, 6) is 0.839. The van der Waals surface area contributed by atoms with Gasteiger partial charge in [0.05, 0.1) is 6.04 Å². The van der Waals surface area contributed by atoms with Gasteiger partial charge in [-0.3, -0.25) is 9.78 Å². The van der Waals surface area contributed by atoms with Crippen LogP contribution < -0.4 is 4.74 Å². The minimum atomic E-state index is -0.493. The van der Waals surface area contributed by atoms with Crippen LogP contribution in [0.15, 0.2) is 42.7 Å². The number of benzene rings is 1. The zero-order valence-corrected chi connectivity index (χ0v) is 14.5. The highest BCUT2D eigenvalue weighted by Gasteiger charge is 2.33. The quantitative estimate of drug-likeness (QED) is 0.858. The average molecular weight is 324 g/mol. The minimum absolute atomic E-state index is 0.0511. The van der Waals surface area contributed by atoms with Crippen LogP contribution in [0.1, 0.15) is 42.5 Å². The van der Waals surface area contributed by atoms with E-state index in [2.05, 4.69) is 18.0 Å². The van der Waals surface area contributed by atoms with Crippen LogP contribution in [0.25, 0.3) is 0 Å². The molecule has 3 rings (SSSR count). The van der Waals surface area contributed by atoms with Gasteiger partial charge in [-0.25, -0.2) is 0 Å². The zero-order chi connectivity index (χ0) is 17.1. The van der Waals surface area contributed by atoms with E-state index in [0.717, 1.165) is 36.3 Å². The van der Waals surface area contributed by atoms with Crippen molar-refractivity contribution in [3.05, 3.63) is 59.4 Å². The van der Waals surface area contributed by atoms with Crippen molar-refractivity contribution in [2.75, 3.05) is 6.54 Å². The second-order valence-corrected chi connectivity index (χ2v) is 6.43. The normalized spacial score (nSPS) is 18.5. The van der Waals surface area contributed by atoms with Gasteiger partial charge in [-0.15, -0.1) is 0 Å². The molecule has 1 saturated heterocycles. The lowest BCUT2D eigenvalue weighted by atomic mass is 10.1. The van der Waals surface area contributed by atoms with Crippen LogP contribution >= 0.6 is 0 Å². The molecule has 24 heavy (non-hydrogen) atoms. The summed E-state index contributed by atoms with van der Waals surface area (Å²) in [5, 5.41) is 0. The molecule has 2 heterocycles. The first-order chi connectivity index (χ1) is 11.6. The van der Waals surface area contributed by atoms with Gasteiger partial charge in [0.2, 0.25) is 0 Å². The number of hydrogen-bond acceptors (Lipinski definition) is 3. The molecule has 0 bridgehead atoms. The van der Waals surface area contributed by atoms with E-state index in [0.29, 0.717) is 0 Å². The number of nitrogens with zero attached hydrogens (tertiary/aromatic N) is 2. The predicted molar refractivity (Wildman–Crippen MR) is 93.9 cm³/mol. The molecular formula is C20H24N2O2. The Hall–Kier alpha value is -2.36. The van der Waals surface area contributed by atoms with Crippen molar-refractivity contribution >= 4 is 5.91 Å². The molecule has 0 N–H and O–H groups in total. The number of ether oxygens (including phenoxy) is 1. The van der Waals surface area contributed by atoms with Crippen molar-refractivity contribution in [3.8, 4) is 5.75 Å². The van der Waals surface area contributed by atoms with Crippen LogP contribution in [-0.2, 0) is 4.79 Å². The Morgan fingerprint density at radius 1 is 1.25 bits per heavy atom. The van der Waals surface area contributed by atoms with E-state index in [-0.39, 0.29) is 11.9 Å². The number of rotatable bonds is 4. The van der Waals surface area contributed by atoms with Gasteiger partial charge in [0.15, 0.2) is 6.10 Å². The second-order valence-electron chi connectivity index (χ2n) is 6.43. The molecule has 1 aromatic carbocycles. The Morgan fingerprint density at radius 3 is 2.75 bits per heavy atom. The summed E-state index contributed by atoms with van der Waals surface area (Å²) in [7, 11) is 0. The Balaban J connectivity index is 1.74. The zero-order valence-electron chi connectivity index (χ0n) is 14.5. The number of aromatic nitrogens is 1. The first-order valence-electron chi connectivity index (χ1n) is 8.51. The topological polar surface area (TPSA) is 42.4 Å². The molecule has 0 unspecified atom stereocenters. The third kappa shape index (κ3) is 3.28. The van der Waals surface area contributed by atoms with Gasteiger partial charge in [0.1, 0.15) is 5.75 Å². The third-order valence-electron chi connectivity index (χ3n) is 4.83. The molecule has 2 aromatic rings. The predicted octanol–water partition coefficient (Wildman–Crippen LogP) is 3.83. The monoisotopic (exact) mass is 324 g/mol. The van der Waals surface area contributed by atoms with Gasteiger partial charge in [-0.1, -0.05) is 12.1 Å². The van der Waals surface area contributed by atoms with E-state index in [1.54, 1.807) is 12.4 Å². The van der Waals surface area contributed by atoms with E-state index in [1.165, 1.54) is 5.56 Å². The number of pyridine rings is 1. The molecule has 0 radical (unpaired) electrons. The summed E-state index contributed by atoms with van der Waals surface area (Å²) in [6.07, 6.45) is 5.09. The maximum atomic E-state index is 12.9. The summed E-state index contributed by atoms with van der Waals surface area (Å²) in [4.78, 5) is 18.9. The number of likely N-dealkylation sites (tertiary alicyclic amines) is 1. The van der Waals surface area contributed by atoms with Crippen LogP contribution in [0, 0.1) is 13.8 Å². The molecule has 1 aromatic heterocycles. The molecule has 0 spiro atoms. The van der Waals surface area contributed by atoms with Gasteiger partial charge in [0.25, 0.3) is 5.91 Å². The van der Waals surface area contributed by atoms with Gasteiger partial charge in [-0.2, -0.15) is 0 Å². The number of carbonyl (C=O) groups excluding carboxylic acids is 1. The maximum Gasteiger partial charge on any atom is 0.263 e. The van der Waals surface area contributed by atoms with Gasteiger partial charge in [-0.05, 0) is 68.5 Å². The minimum Gasteiger partial charge on any atom is -0.481 e. The lowest BCUT2D eigenvalue weighted by molar-refractivity contribution is -0.138. The summed E-state index contributed by atoms with van der Waals surface area (Å²) >= 11 is 0. The van der Waals surface area contributed by atoms with Gasteiger partial charge < -0.3 is 9.64 Å². The largest absolute Gasteiger partial charge is 0.481 e. The first kappa shape index (κ1) is 16.5. The molecule has 1 aliphatic heterocycles. The van der Waals surface area contributed by atoms with Crippen LogP contribution in [0.2, 0.25) is 0 Å². The van der Waals surface area contributed by atoms with E-state index in [1.807, 2.05) is 43.0 Å². The summed E-state index contributed by atoms with van der Waals surface area (Å²) in [6.45, 7) is 6.70. The molecule has 126 valence electrons. The summed E-state index contributed by atoms with van der Waals surface area (Å²) in [5.41, 5.74) is 3.40. The third-order valence-corrected chi connectivity index (χ3v) is 4.83.